The fourth-order valence-corrected chi connectivity index (χ4v) is 3.16. The van der Waals surface area contributed by atoms with Gasteiger partial charge < -0.3 is 10.8 Å². The molecule has 0 radical (unpaired) electrons. The van der Waals surface area contributed by atoms with Crippen molar-refractivity contribution in [3.63, 3.8) is 0 Å². The lowest BCUT2D eigenvalue weighted by Gasteiger charge is -2.24. The van der Waals surface area contributed by atoms with Crippen molar-refractivity contribution in [1.29, 1.82) is 0 Å². The first kappa shape index (κ1) is 16.9. The highest BCUT2D eigenvalue weighted by Crippen LogP contribution is 2.22. The molecule has 1 rings (SSSR count). The Bertz CT molecular complexity index is 554. The Morgan fingerprint density at radius 3 is 2.55 bits per heavy atom. The molecule has 20 heavy (non-hydrogen) atoms. The van der Waals surface area contributed by atoms with Crippen molar-refractivity contribution in [3.8, 4) is 0 Å². The van der Waals surface area contributed by atoms with E-state index in [-0.39, 0.29) is 16.9 Å². The van der Waals surface area contributed by atoms with Gasteiger partial charge in [0.1, 0.15) is 0 Å². The van der Waals surface area contributed by atoms with E-state index in [9.17, 15) is 8.42 Å². The summed E-state index contributed by atoms with van der Waals surface area (Å²) < 4.78 is 27.1. The van der Waals surface area contributed by atoms with Gasteiger partial charge in [0, 0.05) is 18.8 Å². The topological polar surface area (TPSA) is 92.4 Å². The van der Waals surface area contributed by atoms with Crippen LogP contribution in [0.5, 0.6) is 0 Å². The molecule has 0 saturated heterocycles. The van der Waals surface area contributed by atoms with E-state index in [1.54, 1.807) is 19.1 Å². The Morgan fingerprint density at radius 1 is 1.35 bits per heavy atom. The highest BCUT2D eigenvalue weighted by molar-refractivity contribution is 7.89. The van der Waals surface area contributed by atoms with Gasteiger partial charge in [-0.25, -0.2) is 13.1 Å². The zero-order chi connectivity index (χ0) is 15.4. The molecule has 1 aromatic carbocycles. The van der Waals surface area contributed by atoms with Crippen molar-refractivity contribution < 1.29 is 13.5 Å². The molecule has 0 spiro atoms. The van der Waals surface area contributed by atoms with E-state index < -0.39 is 10.0 Å². The van der Waals surface area contributed by atoms with Gasteiger partial charge in [0.2, 0.25) is 10.0 Å². The summed E-state index contributed by atoms with van der Waals surface area (Å²) in [5, 5.41) is 8.84. The molecule has 0 heterocycles. The number of nitrogen functional groups attached to an aromatic ring is 1. The Balaban J connectivity index is 2.77. The van der Waals surface area contributed by atoms with Gasteiger partial charge in [-0.05, 0) is 48.9 Å². The number of nitrogens with two attached hydrogens (primary N) is 1. The maximum Gasteiger partial charge on any atom is 0.240 e. The van der Waals surface area contributed by atoms with Gasteiger partial charge in [0.15, 0.2) is 0 Å². The van der Waals surface area contributed by atoms with Crippen molar-refractivity contribution in [2.75, 3.05) is 18.9 Å². The third-order valence-corrected chi connectivity index (χ3v) is 4.70. The number of aliphatic hydroxyl groups excluding tert-OH is 1. The minimum Gasteiger partial charge on any atom is -0.399 e. The molecule has 0 aliphatic carbocycles. The maximum atomic E-state index is 12.2. The van der Waals surface area contributed by atoms with E-state index >= 15 is 0 Å². The molecule has 6 heteroatoms. The second-order valence-corrected chi connectivity index (χ2v) is 7.60. The second-order valence-electron chi connectivity index (χ2n) is 5.83. The molecule has 5 nitrogen and oxygen atoms in total. The van der Waals surface area contributed by atoms with E-state index in [2.05, 4.69) is 4.72 Å². The number of anilines is 1. The Labute approximate surface area is 121 Å². The van der Waals surface area contributed by atoms with Gasteiger partial charge in [0.05, 0.1) is 4.90 Å². The lowest BCUT2D eigenvalue weighted by molar-refractivity contribution is 0.242. The molecule has 0 fully saturated rings. The van der Waals surface area contributed by atoms with Gasteiger partial charge >= 0.3 is 0 Å². The van der Waals surface area contributed by atoms with Crippen LogP contribution in [0.1, 0.15) is 32.3 Å². The van der Waals surface area contributed by atoms with Crippen molar-refractivity contribution in [3.05, 3.63) is 23.8 Å². The first-order valence-electron chi connectivity index (χ1n) is 6.65. The predicted octanol–water partition coefficient (Wildman–Crippen LogP) is 1.65. The molecule has 0 saturated carbocycles. The van der Waals surface area contributed by atoms with Crippen molar-refractivity contribution in [1.82, 2.24) is 4.72 Å². The van der Waals surface area contributed by atoms with Gasteiger partial charge in [-0.15, -0.1) is 0 Å². The number of aliphatic hydroxyl groups is 1. The smallest absolute Gasteiger partial charge is 0.240 e. The zero-order valence-electron chi connectivity index (χ0n) is 12.3. The number of aryl methyl sites for hydroxylation is 1. The lowest BCUT2D eigenvalue weighted by atomic mass is 9.88. The lowest BCUT2D eigenvalue weighted by Crippen LogP contribution is -2.34. The minimum atomic E-state index is -3.53. The van der Waals surface area contributed by atoms with Crippen LogP contribution in [0.2, 0.25) is 0 Å². The quantitative estimate of drug-likeness (QED) is 0.668. The number of hydrogen-bond donors (Lipinski definition) is 3. The number of benzene rings is 1. The summed E-state index contributed by atoms with van der Waals surface area (Å²) in [4.78, 5) is 0.224. The standard InChI is InChI=1S/C14H24N2O3S/c1-11-9-12(5-6-13(11)15)20(18,19)16-10-14(2,3)7-4-8-17/h5-6,9,16-17H,4,7-8,10,15H2,1-3H3. The first-order chi connectivity index (χ1) is 9.18. The van der Waals surface area contributed by atoms with E-state index in [0.717, 1.165) is 12.0 Å². The molecule has 0 bridgehead atoms. The molecule has 0 aliphatic rings. The Morgan fingerprint density at radius 2 is 2.00 bits per heavy atom. The van der Waals surface area contributed by atoms with Crippen LogP contribution < -0.4 is 10.5 Å². The molecule has 0 aliphatic heterocycles. The zero-order valence-corrected chi connectivity index (χ0v) is 13.1. The molecular weight excluding hydrogens is 276 g/mol. The number of sulfonamides is 1. The van der Waals surface area contributed by atoms with E-state index in [4.69, 9.17) is 10.8 Å². The molecule has 0 unspecified atom stereocenters. The summed E-state index contributed by atoms with van der Waals surface area (Å²) >= 11 is 0. The van der Waals surface area contributed by atoms with E-state index in [1.807, 2.05) is 13.8 Å². The highest BCUT2D eigenvalue weighted by atomic mass is 32.2. The molecule has 4 N–H and O–H groups in total. The summed E-state index contributed by atoms with van der Waals surface area (Å²) in [5.74, 6) is 0. The molecule has 0 atom stereocenters. The van der Waals surface area contributed by atoms with E-state index in [0.29, 0.717) is 18.7 Å². The molecule has 114 valence electrons. The van der Waals surface area contributed by atoms with Gasteiger partial charge in [0.25, 0.3) is 0 Å². The Hall–Kier alpha value is -1.11. The summed E-state index contributed by atoms with van der Waals surface area (Å²) in [6.07, 6.45) is 1.42. The van der Waals surface area contributed by atoms with Gasteiger partial charge in [-0.2, -0.15) is 0 Å². The molecule has 0 amide bonds. The third kappa shape index (κ3) is 4.77. The van der Waals surface area contributed by atoms with Crippen LogP contribution in [0.4, 0.5) is 5.69 Å². The normalized spacial score (nSPS) is 12.6. The highest BCUT2D eigenvalue weighted by Gasteiger charge is 2.22. The summed E-state index contributed by atoms with van der Waals surface area (Å²) in [5.41, 5.74) is 6.81. The largest absolute Gasteiger partial charge is 0.399 e. The van der Waals surface area contributed by atoms with Crippen LogP contribution in [0.15, 0.2) is 23.1 Å². The number of hydrogen-bond acceptors (Lipinski definition) is 4. The van der Waals surface area contributed by atoms with Crippen LogP contribution in [0, 0.1) is 12.3 Å². The van der Waals surface area contributed by atoms with Crippen molar-refractivity contribution in [2.45, 2.75) is 38.5 Å². The second kappa shape index (κ2) is 6.56. The average Bonchev–Trinajstić information content (AvgIpc) is 2.37. The summed E-state index contributed by atoms with van der Waals surface area (Å²) in [7, 11) is -3.53. The average molecular weight is 300 g/mol. The number of rotatable bonds is 7. The van der Waals surface area contributed by atoms with Gasteiger partial charge in [-0.1, -0.05) is 13.8 Å². The third-order valence-electron chi connectivity index (χ3n) is 3.30. The van der Waals surface area contributed by atoms with Crippen LogP contribution in [-0.4, -0.2) is 26.7 Å². The fraction of sp³-hybridized carbons (Fsp3) is 0.571. The molecular formula is C14H24N2O3S. The van der Waals surface area contributed by atoms with Crippen molar-refractivity contribution in [2.24, 2.45) is 5.41 Å². The SMILES string of the molecule is Cc1cc(S(=O)(=O)NCC(C)(C)CCCO)ccc1N. The first-order valence-corrected chi connectivity index (χ1v) is 8.13. The van der Waals surface area contributed by atoms with Gasteiger partial charge in [-0.3, -0.25) is 0 Å². The predicted molar refractivity (Wildman–Crippen MR) is 80.9 cm³/mol. The number of nitrogens with one attached hydrogen (secondary N) is 1. The summed E-state index contributed by atoms with van der Waals surface area (Å²) in [6.45, 7) is 6.17. The summed E-state index contributed by atoms with van der Waals surface area (Å²) in [6, 6.07) is 4.67. The maximum absolute atomic E-state index is 12.2. The monoisotopic (exact) mass is 300 g/mol. The van der Waals surface area contributed by atoms with Crippen LogP contribution in [-0.2, 0) is 10.0 Å². The molecule has 0 aromatic heterocycles. The fourth-order valence-electron chi connectivity index (χ4n) is 1.84. The van der Waals surface area contributed by atoms with Crippen LogP contribution in [0.25, 0.3) is 0 Å². The minimum absolute atomic E-state index is 0.118. The van der Waals surface area contributed by atoms with Crippen LogP contribution >= 0.6 is 0 Å². The molecule has 1 aromatic rings. The Kier molecular flexibility index (Phi) is 5.56. The van der Waals surface area contributed by atoms with Crippen molar-refractivity contribution >= 4 is 15.7 Å². The van der Waals surface area contributed by atoms with Crippen LogP contribution in [0.3, 0.4) is 0 Å². The van der Waals surface area contributed by atoms with E-state index in [1.165, 1.54) is 6.07 Å².